The van der Waals surface area contributed by atoms with Crippen molar-refractivity contribution < 1.29 is 0 Å². The summed E-state index contributed by atoms with van der Waals surface area (Å²) < 4.78 is 1.96. The van der Waals surface area contributed by atoms with E-state index in [2.05, 4.69) is 34.1 Å². The lowest BCUT2D eigenvalue weighted by molar-refractivity contribution is 0.176. The van der Waals surface area contributed by atoms with Crippen LogP contribution in [0, 0.1) is 13.8 Å². The van der Waals surface area contributed by atoms with Crippen molar-refractivity contribution in [3.63, 3.8) is 0 Å². The van der Waals surface area contributed by atoms with E-state index < -0.39 is 0 Å². The summed E-state index contributed by atoms with van der Waals surface area (Å²) in [6, 6.07) is 7.61. The Balaban J connectivity index is 1.53. The number of rotatable bonds is 3. The van der Waals surface area contributed by atoms with Crippen LogP contribution in [0.25, 0.3) is 0 Å². The largest absolute Gasteiger partial charge is 0.346 e. The Labute approximate surface area is 159 Å². The van der Waals surface area contributed by atoms with E-state index in [0.29, 0.717) is 0 Å². The summed E-state index contributed by atoms with van der Waals surface area (Å²) in [6.45, 7) is 9.03. The Morgan fingerprint density at radius 1 is 1.16 bits per heavy atom. The molecule has 5 nitrogen and oxygen atoms in total. The summed E-state index contributed by atoms with van der Waals surface area (Å²) >= 11 is 11.5. The molecule has 1 fully saturated rings. The van der Waals surface area contributed by atoms with Gasteiger partial charge in [0, 0.05) is 61.7 Å². The lowest BCUT2D eigenvalue weighted by atomic mass is 10.1. The van der Waals surface area contributed by atoms with Crippen LogP contribution in [0.5, 0.6) is 0 Å². The smallest absolute Gasteiger partial charge is 0.173 e. The van der Waals surface area contributed by atoms with Crippen LogP contribution in [0.3, 0.4) is 0 Å². The van der Waals surface area contributed by atoms with E-state index in [9.17, 15) is 0 Å². The van der Waals surface area contributed by atoms with Gasteiger partial charge in [-0.25, -0.2) is 0 Å². The normalized spacial score (nSPS) is 15.4. The lowest BCUT2D eigenvalue weighted by Crippen LogP contribution is -2.49. The van der Waals surface area contributed by atoms with Crippen LogP contribution in [-0.4, -0.2) is 50.9 Å². The molecule has 0 saturated carbocycles. The Hall–Kier alpha value is -1.63. The van der Waals surface area contributed by atoms with Gasteiger partial charge in [0.1, 0.15) is 0 Å². The second-order valence-corrected chi connectivity index (χ2v) is 7.30. The first-order valence-corrected chi connectivity index (χ1v) is 9.25. The molecule has 1 aliphatic heterocycles. The van der Waals surface area contributed by atoms with Crippen LogP contribution in [0.2, 0.25) is 5.02 Å². The molecule has 7 heteroatoms. The highest BCUT2D eigenvalue weighted by Crippen LogP contribution is 2.17. The number of thiocarbonyl (C=S) groups is 1. The minimum absolute atomic E-state index is 0.728. The van der Waals surface area contributed by atoms with Crippen LogP contribution >= 0.6 is 23.8 Å². The van der Waals surface area contributed by atoms with Crippen molar-refractivity contribution in [2.45, 2.75) is 20.4 Å². The molecule has 0 amide bonds. The molecule has 0 unspecified atom stereocenters. The minimum atomic E-state index is 0.728. The van der Waals surface area contributed by atoms with Gasteiger partial charge >= 0.3 is 0 Å². The Bertz CT molecular complexity index is 748. The van der Waals surface area contributed by atoms with Gasteiger partial charge in [0.25, 0.3) is 0 Å². The summed E-state index contributed by atoms with van der Waals surface area (Å²) in [5, 5.41) is 9.31. The number of hydrogen-bond acceptors (Lipinski definition) is 3. The van der Waals surface area contributed by atoms with Gasteiger partial charge in [-0.05, 0) is 50.3 Å². The molecule has 1 N–H and O–H groups in total. The predicted molar refractivity (Wildman–Crippen MR) is 107 cm³/mol. The summed E-state index contributed by atoms with van der Waals surface area (Å²) in [7, 11) is 2.00. The molecule has 0 spiro atoms. The third-order valence-corrected chi connectivity index (χ3v) is 5.41. The molecular weight excluding hydrogens is 354 g/mol. The monoisotopic (exact) mass is 377 g/mol. The zero-order valence-electron chi connectivity index (χ0n) is 14.9. The molecule has 1 aliphatic rings. The molecule has 0 bridgehead atoms. The highest BCUT2D eigenvalue weighted by Gasteiger charge is 2.21. The van der Waals surface area contributed by atoms with E-state index in [0.717, 1.165) is 54.2 Å². The molecular formula is C18H24ClN5S. The Kier molecular flexibility index (Phi) is 5.61. The molecule has 2 aromatic rings. The fraction of sp³-hybridized carbons (Fsp3) is 0.444. The molecule has 134 valence electrons. The first kappa shape index (κ1) is 18.2. The first-order chi connectivity index (χ1) is 11.9. The standard InChI is InChI=1S/C18H24ClN5S/c1-13-17(14(2)22(3)21-13)12-23-8-10-24(11-9-23)18(25)20-16-6-4-15(19)5-7-16/h4-7H,8-12H2,1-3H3,(H,20,25). The van der Waals surface area contributed by atoms with Gasteiger partial charge in [-0.15, -0.1) is 0 Å². The molecule has 0 atom stereocenters. The second kappa shape index (κ2) is 7.72. The summed E-state index contributed by atoms with van der Waals surface area (Å²) in [5.41, 5.74) is 4.69. The SMILES string of the molecule is Cc1nn(C)c(C)c1CN1CCN(C(=S)Nc2ccc(Cl)cc2)CC1. The van der Waals surface area contributed by atoms with Crippen LogP contribution < -0.4 is 5.32 Å². The fourth-order valence-corrected chi connectivity index (χ4v) is 3.54. The van der Waals surface area contributed by atoms with Gasteiger partial charge in [0.15, 0.2) is 5.11 Å². The van der Waals surface area contributed by atoms with Crippen LogP contribution in [-0.2, 0) is 13.6 Å². The van der Waals surface area contributed by atoms with Crippen molar-refractivity contribution >= 4 is 34.6 Å². The zero-order chi connectivity index (χ0) is 18.0. The van der Waals surface area contributed by atoms with E-state index in [-0.39, 0.29) is 0 Å². The third-order valence-electron chi connectivity index (χ3n) is 4.80. The van der Waals surface area contributed by atoms with Crippen LogP contribution in [0.15, 0.2) is 24.3 Å². The Morgan fingerprint density at radius 2 is 1.80 bits per heavy atom. The number of nitrogens with zero attached hydrogens (tertiary/aromatic N) is 4. The molecule has 3 rings (SSSR count). The molecule has 25 heavy (non-hydrogen) atoms. The Morgan fingerprint density at radius 3 is 2.36 bits per heavy atom. The van der Waals surface area contributed by atoms with E-state index in [1.54, 1.807) is 0 Å². The quantitative estimate of drug-likeness (QED) is 0.831. The minimum Gasteiger partial charge on any atom is -0.346 e. The van der Waals surface area contributed by atoms with Crippen molar-refractivity contribution in [1.29, 1.82) is 0 Å². The van der Waals surface area contributed by atoms with Gasteiger partial charge in [0.05, 0.1) is 5.69 Å². The van der Waals surface area contributed by atoms with Gasteiger partial charge in [0.2, 0.25) is 0 Å². The van der Waals surface area contributed by atoms with Crippen molar-refractivity contribution in [3.05, 3.63) is 46.2 Å². The van der Waals surface area contributed by atoms with Crippen molar-refractivity contribution in [2.75, 3.05) is 31.5 Å². The molecule has 0 aliphatic carbocycles. The van der Waals surface area contributed by atoms with Crippen LogP contribution in [0.4, 0.5) is 5.69 Å². The number of hydrogen-bond donors (Lipinski definition) is 1. The molecule has 1 aromatic carbocycles. The van der Waals surface area contributed by atoms with Gasteiger partial charge in [-0.3, -0.25) is 9.58 Å². The van der Waals surface area contributed by atoms with Crippen LogP contribution in [0.1, 0.15) is 17.0 Å². The van der Waals surface area contributed by atoms with E-state index in [1.165, 1.54) is 11.3 Å². The molecule has 0 radical (unpaired) electrons. The topological polar surface area (TPSA) is 36.3 Å². The van der Waals surface area contributed by atoms with Crippen molar-refractivity contribution in [3.8, 4) is 0 Å². The highest BCUT2D eigenvalue weighted by molar-refractivity contribution is 7.80. The number of benzene rings is 1. The van der Waals surface area contributed by atoms with Gasteiger partial charge in [-0.2, -0.15) is 5.10 Å². The van der Waals surface area contributed by atoms with E-state index in [4.69, 9.17) is 23.8 Å². The average molecular weight is 378 g/mol. The molecule has 2 heterocycles. The highest BCUT2D eigenvalue weighted by atomic mass is 35.5. The summed E-state index contributed by atoms with van der Waals surface area (Å²) in [4.78, 5) is 4.70. The second-order valence-electron chi connectivity index (χ2n) is 6.47. The lowest BCUT2D eigenvalue weighted by Gasteiger charge is -2.36. The van der Waals surface area contributed by atoms with Crippen molar-refractivity contribution in [2.24, 2.45) is 7.05 Å². The average Bonchev–Trinajstić information content (AvgIpc) is 2.84. The van der Waals surface area contributed by atoms with Gasteiger partial charge < -0.3 is 10.2 Å². The number of nitrogens with one attached hydrogen (secondary N) is 1. The zero-order valence-corrected chi connectivity index (χ0v) is 16.5. The predicted octanol–water partition coefficient (Wildman–Crippen LogP) is 3.20. The maximum Gasteiger partial charge on any atom is 0.173 e. The summed E-state index contributed by atoms with van der Waals surface area (Å²) in [6.07, 6.45) is 0. The van der Waals surface area contributed by atoms with Gasteiger partial charge in [-0.1, -0.05) is 11.6 Å². The number of aromatic nitrogens is 2. The molecule has 1 aromatic heterocycles. The maximum atomic E-state index is 5.92. The fourth-order valence-electron chi connectivity index (χ4n) is 3.11. The third kappa shape index (κ3) is 4.32. The summed E-state index contributed by atoms with van der Waals surface area (Å²) in [5.74, 6) is 0. The number of aryl methyl sites for hydroxylation is 2. The van der Waals surface area contributed by atoms with E-state index >= 15 is 0 Å². The van der Waals surface area contributed by atoms with Crippen molar-refractivity contribution in [1.82, 2.24) is 19.6 Å². The number of halogens is 1. The van der Waals surface area contributed by atoms with E-state index in [1.807, 2.05) is 36.0 Å². The number of anilines is 1. The first-order valence-electron chi connectivity index (χ1n) is 8.47. The maximum absolute atomic E-state index is 5.92. The molecule has 1 saturated heterocycles. The number of piperazine rings is 1.